The van der Waals surface area contributed by atoms with E-state index in [0.29, 0.717) is 63.5 Å². The summed E-state index contributed by atoms with van der Waals surface area (Å²) in [6, 6.07) is 12.6. The fourth-order valence-electron chi connectivity index (χ4n) is 5.34. The second-order valence-corrected chi connectivity index (χ2v) is 12.3. The number of carbonyl (C=O) groups is 2. The zero-order chi connectivity index (χ0) is 32.3. The van der Waals surface area contributed by atoms with Crippen LogP contribution in [0.1, 0.15) is 46.4 Å². The minimum atomic E-state index is -0.638. The van der Waals surface area contributed by atoms with Crippen LogP contribution in [0, 0.1) is 6.92 Å². The molecular weight excluding hydrogens is 604 g/mol. The first-order chi connectivity index (χ1) is 22.4. The Morgan fingerprint density at radius 1 is 1.11 bits per heavy atom. The highest BCUT2D eigenvalue weighted by Crippen LogP contribution is 2.22. The molecule has 0 unspecified atom stereocenters. The lowest BCUT2D eigenvalue weighted by molar-refractivity contribution is -0.123. The molecule has 13 heteroatoms. The van der Waals surface area contributed by atoms with E-state index in [1.807, 2.05) is 77.5 Å². The van der Waals surface area contributed by atoms with Gasteiger partial charge in [-0.3, -0.25) is 19.2 Å². The van der Waals surface area contributed by atoms with Gasteiger partial charge in [0.15, 0.2) is 0 Å². The Morgan fingerprint density at radius 2 is 1.98 bits per heavy atom. The first-order valence-corrected chi connectivity index (χ1v) is 16.9. The van der Waals surface area contributed by atoms with Crippen LogP contribution in [-0.2, 0) is 24.4 Å². The average Bonchev–Trinajstić information content (AvgIpc) is 3.72. The number of methoxy groups -OCH3 is 1. The molecule has 0 radical (unpaired) electrons. The van der Waals surface area contributed by atoms with Crippen LogP contribution in [0.5, 0.6) is 11.5 Å². The van der Waals surface area contributed by atoms with Gasteiger partial charge in [0, 0.05) is 62.7 Å². The molecule has 1 atom stereocenters. The lowest BCUT2D eigenvalue weighted by atomic mass is 10.1. The lowest BCUT2D eigenvalue weighted by Gasteiger charge is -2.22. The van der Waals surface area contributed by atoms with E-state index in [1.165, 1.54) is 0 Å². The predicted octanol–water partition coefficient (Wildman–Crippen LogP) is 3.62. The molecule has 4 bridgehead atoms. The molecule has 2 N–H and O–H groups in total. The normalized spacial score (nSPS) is 17.1. The monoisotopic (exact) mass is 646 g/mol. The molecule has 46 heavy (non-hydrogen) atoms. The fraction of sp³-hybridized carbons (Fsp3) is 0.424. The van der Waals surface area contributed by atoms with Gasteiger partial charge in [0.25, 0.3) is 5.91 Å². The van der Waals surface area contributed by atoms with Crippen molar-refractivity contribution in [2.45, 2.75) is 51.9 Å². The summed E-state index contributed by atoms with van der Waals surface area (Å²) in [4.78, 5) is 28.9. The van der Waals surface area contributed by atoms with Crippen LogP contribution < -0.4 is 20.1 Å². The van der Waals surface area contributed by atoms with Gasteiger partial charge >= 0.3 is 0 Å². The Balaban J connectivity index is 1.32. The van der Waals surface area contributed by atoms with Crippen molar-refractivity contribution in [2.75, 3.05) is 38.8 Å². The van der Waals surface area contributed by atoms with E-state index in [-0.39, 0.29) is 11.8 Å². The Kier molecular flexibility index (Phi) is 11.7. The molecule has 1 aliphatic rings. The largest absolute Gasteiger partial charge is 0.494 e. The maximum absolute atomic E-state index is 13.3. The minimum Gasteiger partial charge on any atom is -0.494 e. The molecule has 4 aromatic rings. The minimum absolute atomic E-state index is 0.186. The third-order valence-electron chi connectivity index (χ3n) is 7.78. The van der Waals surface area contributed by atoms with Gasteiger partial charge in [0.2, 0.25) is 5.91 Å². The van der Waals surface area contributed by atoms with Crippen molar-refractivity contribution in [1.29, 1.82) is 0 Å². The predicted molar refractivity (Wildman–Crippen MR) is 177 cm³/mol. The summed E-state index contributed by atoms with van der Waals surface area (Å²) in [6.07, 6.45) is 9.79. The highest BCUT2D eigenvalue weighted by atomic mass is 32.2. The molecule has 0 spiro atoms. The number of rotatable bonds is 7. The number of benzene rings is 2. The van der Waals surface area contributed by atoms with Gasteiger partial charge in [0.1, 0.15) is 23.2 Å². The van der Waals surface area contributed by atoms with E-state index in [2.05, 4.69) is 30.9 Å². The van der Waals surface area contributed by atoms with Crippen molar-refractivity contribution in [2.24, 2.45) is 0 Å². The van der Waals surface area contributed by atoms with Crippen molar-refractivity contribution < 1.29 is 19.1 Å². The summed E-state index contributed by atoms with van der Waals surface area (Å²) in [5, 5.41) is 19.4. The smallest absolute Gasteiger partial charge is 0.252 e. The molecule has 1 aliphatic heterocycles. The van der Waals surface area contributed by atoms with Gasteiger partial charge in [0.05, 0.1) is 25.6 Å². The van der Waals surface area contributed by atoms with E-state index >= 15 is 0 Å². The molecule has 0 aliphatic carbocycles. The third kappa shape index (κ3) is 8.88. The van der Waals surface area contributed by atoms with E-state index < -0.39 is 6.04 Å². The third-order valence-corrected chi connectivity index (χ3v) is 8.43. The van der Waals surface area contributed by atoms with Crippen LogP contribution in [0.25, 0.3) is 5.69 Å². The molecule has 2 aromatic heterocycles. The molecule has 5 rings (SSSR count). The summed E-state index contributed by atoms with van der Waals surface area (Å²) in [5.41, 5.74) is 4.08. The van der Waals surface area contributed by atoms with Crippen LogP contribution in [0.15, 0.2) is 61.1 Å². The van der Waals surface area contributed by atoms with Crippen molar-refractivity contribution in [1.82, 2.24) is 40.3 Å². The number of nitrogens with one attached hydrogen (secondary N) is 2. The van der Waals surface area contributed by atoms with Gasteiger partial charge in [-0.2, -0.15) is 16.9 Å². The highest BCUT2D eigenvalue weighted by molar-refractivity contribution is 7.98. The van der Waals surface area contributed by atoms with Gasteiger partial charge in [-0.05, 0) is 61.6 Å². The second kappa shape index (κ2) is 16.3. The van der Waals surface area contributed by atoms with Gasteiger partial charge in [-0.25, -0.2) is 4.68 Å². The highest BCUT2D eigenvalue weighted by Gasteiger charge is 2.22. The van der Waals surface area contributed by atoms with E-state index in [4.69, 9.17) is 9.47 Å². The van der Waals surface area contributed by atoms with E-state index in [0.717, 1.165) is 40.4 Å². The van der Waals surface area contributed by atoms with Crippen LogP contribution in [0.2, 0.25) is 0 Å². The number of nitrogens with zero attached hydrogens (tertiary/aromatic N) is 6. The maximum atomic E-state index is 13.3. The molecular formula is C33H42N8O4S. The van der Waals surface area contributed by atoms with Crippen molar-refractivity contribution >= 4 is 23.6 Å². The summed E-state index contributed by atoms with van der Waals surface area (Å²) < 4.78 is 15.1. The number of hydrogen-bond acceptors (Lipinski definition) is 9. The first-order valence-electron chi connectivity index (χ1n) is 15.5. The van der Waals surface area contributed by atoms with E-state index in [9.17, 15) is 9.59 Å². The van der Waals surface area contributed by atoms with Gasteiger partial charge < -0.3 is 20.1 Å². The van der Waals surface area contributed by atoms with Crippen LogP contribution in [0.3, 0.4) is 0 Å². The number of fused-ring (bicyclic) bond motifs is 4. The number of para-hydroxylation sites is 2. The molecule has 0 saturated carbocycles. The second-order valence-electron chi connectivity index (χ2n) is 11.3. The number of carbonyl (C=O) groups excluding carboxylic acids is 2. The van der Waals surface area contributed by atoms with E-state index in [1.54, 1.807) is 24.9 Å². The molecule has 12 nitrogen and oxygen atoms in total. The summed E-state index contributed by atoms with van der Waals surface area (Å²) in [7, 11) is 1.65. The van der Waals surface area contributed by atoms with Crippen molar-refractivity contribution in [3.05, 3.63) is 83.4 Å². The zero-order valence-electron chi connectivity index (χ0n) is 26.6. The summed E-state index contributed by atoms with van der Waals surface area (Å²) in [6.45, 7) is 5.38. The number of aryl methyl sites for hydroxylation is 2. The number of hydrogen-bond donors (Lipinski definition) is 2. The Labute approximate surface area is 273 Å². The number of ether oxygens (including phenoxy) is 2. The maximum Gasteiger partial charge on any atom is 0.252 e. The molecule has 2 aromatic carbocycles. The fourth-order valence-corrected chi connectivity index (χ4v) is 5.82. The average molecular weight is 647 g/mol. The number of aromatic nitrogens is 5. The zero-order valence-corrected chi connectivity index (χ0v) is 27.5. The van der Waals surface area contributed by atoms with Crippen LogP contribution in [-0.4, -0.2) is 86.3 Å². The molecule has 2 amide bonds. The number of thioether (sulfide) groups is 1. The van der Waals surface area contributed by atoms with Gasteiger partial charge in [-0.1, -0.05) is 23.4 Å². The molecule has 0 saturated heterocycles. The number of amides is 2. The Morgan fingerprint density at radius 3 is 2.83 bits per heavy atom. The molecule has 3 heterocycles. The standard InChI is InChI=1S/C33H42N8O4S/c1-24-10-11-27-18-28(24)32(42)36-29(12-17-46-3)33(43)34-13-6-14-39(22-26-23-40(38-37-26)15-7-16-45-27)20-25-19-35-41(21-25)30-8-4-5-9-31(30)44-2/h4-5,8-11,18-19,21,23,29H,6-7,12-17,20,22H2,1-3H3,(H,34,43)(H,36,42)/t29-/m0/s1. The van der Waals surface area contributed by atoms with Crippen LogP contribution in [0.4, 0.5) is 0 Å². The molecule has 0 fully saturated rings. The summed E-state index contributed by atoms with van der Waals surface area (Å²) >= 11 is 1.64. The van der Waals surface area contributed by atoms with Crippen LogP contribution >= 0.6 is 11.8 Å². The SMILES string of the molecule is COc1ccccc1-n1cc(CN2CCCNC(=O)[C@H](CCSC)NC(=O)c3cc(ccc3C)OCCCn3cc(nn3)C2)cn1. The summed E-state index contributed by atoms with van der Waals surface area (Å²) in [5.74, 6) is 1.63. The Bertz CT molecular complexity index is 1610. The van der Waals surface area contributed by atoms with Crippen molar-refractivity contribution in [3.63, 3.8) is 0 Å². The lowest BCUT2D eigenvalue weighted by Crippen LogP contribution is -2.47. The molecule has 244 valence electrons. The Hall–Kier alpha value is -4.36. The van der Waals surface area contributed by atoms with Gasteiger partial charge in [-0.15, -0.1) is 5.10 Å². The quantitative estimate of drug-likeness (QED) is 0.309. The first kappa shape index (κ1) is 33.0. The topological polar surface area (TPSA) is 128 Å². The van der Waals surface area contributed by atoms with Crippen molar-refractivity contribution in [3.8, 4) is 17.2 Å².